The zero-order valence-electron chi connectivity index (χ0n) is 20.2. The molecular formula is C24H42O5Si. The summed E-state index contributed by atoms with van der Waals surface area (Å²) in [7, 11) is -2.05. The third kappa shape index (κ3) is 3.24. The Morgan fingerprint density at radius 2 is 1.73 bits per heavy atom. The van der Waals surface area contributed by atoms with Crippen molar-refractivity contribution in [3.8, 4) is 0 Å². The van der Waals surface area contributed by atoms with E-state index in [1.807, 2.05) is 0 Å². The third-order valence-corrected chi connectivity index (χ3v) is 13.8. The van der Waals surface area contributed by atoms with Crippen LogP contribution in [0, 0.1) is 28.6 Å². The largest absolute Gasteiger partial charge is 0.462 e. The summed E-state index contributed by atoms with van der Waals surface area (Å²) in [6, 6.07) is 2.92. The highest BCUT2D eigenvalue weighted by Crippen LogP contribution is 2.70. The minimum absolute atomic E-state index is 0.110. The topological polar surface area (TPSA) is 72.8 Å². The van der Waals surface area contributed by atoms with Gasteiger partial charge in [0, 0.05) is 24.7 Å². The van der Waals surface area contributed by atoms with Crippen molar-refractivity contribution >= 4 is 20.1 Å². The monoisotopic (exact) mass is 438 g/mol. The molecule has 0 unspecified atom stereocenters. The Balaban J connectivity index is 2.12. The van der Waals surface area contributed by atoms with E-state index in [4.69, 9.17) is 9.16 Å². The summed E-state index contributed by atoms with van der Waals surface area (Å²) in [5, 5.41) is 12.5. The van der Waals surface area contributed by atoms with E-state index in [-0.39, 0.29) is 41.0 Å². The molecule has 0 aliphatic heterocycles. The lowest BCUT2D eigenvalue weighted by molar-refractivity contribution is -0.239. The normalized spacial score (nSPS) is 42.7. The van der Waals surface area contributed by atoms with Gasteiger partial charge in [-0.25, -0.2) is 0 Å². The molecular weight excluding hydrogens is 396 g/mol. The van der Waals surface area contributed by atoms with E-state index in [0.717, 1.165) is 18.1 Å². The Labute approximate surface area is 183 Å². The van der Waals surface area contributed by atoms with Crippen molar-refractivity contribution in [3.05, 3.63) is 0 Å². The molecule has 3 fully saturated rings. The molecule has 0 aromatic carbocycles. The van der Waals surface area contributed by atoms with Gasteiger partial charge in [0.1, 0.15) is 12.2 Å². The lowest BCUT2D eigenvalue weighted by Gasteiger charge is -2.60. The molecule has 30 heavy (non-hydrogen) atoms. The summed E-state index contributed by atoms with van der Waals surface area (Å²) < 4.78 is 12.6. The molecule has 0 radical (unpaired) electrons. The van der Waals surface area contributed by atoms with Crippen LogP contribution in [0.4, 0.5) is 0 Å². The first-order valence-electron chi connectivity index (χ1n) is 11.9. The zero-order valence-corrected chi connectivity index (χ0v) is 21.2. The number of carbonyl (C=O) groups is 2. The van der Waals surface area contributed by atoms with Gasteiger partial charge in [-0.1, -0.05) is 48.5 Å². The van der Waals surface area contributed by atoms with Gasteiger partial charge in [-0.3, -0.25) is 9.59 Å². The molecule has 3 aliphatic carbocycles. The second-order valence-corrected chi connectivity index (χ2v) is 16.0. The summed E-state index contributed by atoms with van der Waals surface area (Å²) in [6.45, 7) is 16.5. The smallest absolute Gasteiger partial charge is 0.302 e. The number of esters is 1. The van der Waals surface area contributed by atoms with Gasteiger partial charge in [0.25, 0.3) is 0 Å². The fraction of sp³-hybridized carbons (Fsp3) is 0.917. The van der Waals surface area contributed by atoms with Crippen LogP contribution in [0.15, 0.2) is 0 Å². The molecule has 0 aromatic rings. The number of aliphatic hydroxyl groups is 1. The molecule has 0 bridgehead atoms. The first-order chi connectivity index (χ1) is 13.8. The fourth-order valence-corrected chi connectivity index (χ4v) is 10.7. The quantitative estimate of drug-likeness (QED) is 0.480. The van der Waals surface area contributed by atoms with Gasteiger partial charge in [0.05, 0.1) is 5.60 Å². The molecule has 1 N–H and O–H groups in total. The molecule has 0 saturated heterocycles. The molecule has 7 atom stereocenters. The van der Waals surface area contributed by atoms with Gasteiger partial charge in [0.2, 0.25) is 0 Å². The zero-order chi connectivity index (χ0) is 22.7. The van der Waals surface area contributed by atoms with Crippen molar-refractivity contribution in [2.45, 2.75) is 111 Å². The van der Waals surface area contributed by atoms with Gasteiger partial charge >= 0.3 is 5.97 Å². The number of ether oxygens (including phenoxy) is 1. The van der Waals surface area contributed by atoms with Crippen molar-refractivity contribution in [3.63, 3.8) is 0 Å². The summed E-state index contributed by atoms with van der Waals surface area (Å²) in [6.07, 6.45) is 0.861. The average Bonchev–Trinajstić information content (AvgIpc) is 2.81. The van der Waals surface area contributed by atoms with E-state index in [1.165, 1.54) is 6.92 Å². The fourth-order valence-electron chi connectivity index (χ4n) is 7.80. The molecule has 3 saturated carbocycles. The van der Waals surface area contributed by atoms with Gasteiger partial charge in [-0.2, -0.15) is 0 Å². The third-order valence-electron chi connectivity index (χ3n) is 9.19. The van der Waals surface area contributed by atoms with E-state index in [9.17, 15) is 14.7 Å². The molecule has 5 nitrogen and oxygen atoms in total. The summed E-state index contributed by atoms with van der Waals surface area (Å²) in [4.78, 5) is 25.4. The summed E-state index contributed by atoms with van der Waals surface area (Å²) in [5.41, 5.74) is -2.02. The predicted octanol–water partition coefficient (Wildman–Crippen LogP) is 4.72. The highest BCUT2D eigenvalue weighted by atomic mass is 28.4. The molecule has 0 spiro atoms. The van der Waals surface area contributed by atoms with E-state index in [1.54, 1.807) is 0 Å². The lowest BCUT2D eigenvalue weighted by atomic mass is 9.50. The van der Waals surface area contributed by atoms with Crippen molar-refractivity contribution in [1.29, 1.82) is 0 Å². The maximum absolute atomic E-state index is 13.5. The molecule has 0 aromatic heterocycles. The van der Waals surface area contributed by atoms with Crippen LogP contribution in [-0.4, -0.2) is 43.0 Å². The van der Waals surface area contributed by atoms with Crippen LogP contribution in [0.5, 0.6) is 0 Å². The highest BCUT2D eigenvalue weighted by Gasteiger charge is 2.76. The van der Waals surface area contributed by atoms with E-state index in [2.05, 4.69) is 48.5 Å². The lowest BCUT2D eigenvalue weighted by Crippen LogP contribution is -2.70. The minimum Gasteiger partial charge on any atom is -0.462 e. The summed E-state index contributed by atoms with van der Waals surface area (Å²) >= 11 is 0. The van der Waals surface area contributed by atoms with E-state index < -0.39 is 25.4 Å². The second-order valence-electron chi connectivity index (χ2n) is 11.3. The average molecular weight is 439 g/mol. The van der Waals surface area contributed by atoms with Crippen LogP contribution in [0.2, 0.25) is 18.1 Å². The van der Waals surface area contributed by atoms with Gasteiger partial charge < -0.3 is 14.3 Å². The number of ketones is 1. The SMILES string of the molecule is CC[Si](CC)(CC)O[C@H]1C(=O)C[C@H]2[C@H](C)C[C@H](OC(C)=O)[C@H]3C(C)(C)C[C@@]1(C)[C@@]23O. The molecule has 3 aliphatic rings. The highest BCUT2D eigenvalue weighted by molar-refractivity contribution is 6.73. The van der Waals surface area contributed by atoms with Crippen LogP contribution in [0.25, 0.3) is 0 Å². The van der Waals surface area contributed by atoms with Gasteiger partial charge in [0.15, 0.2) is 14.1 Å². The first-order valence-corrected chi connectivity index (χ1v) is 14.4. The number of carbonyl (C=O) groups excluding carboxylic acids is 2. The number of hydrogen-bond donors (Lipinski definition) is 1. The number of rotatable bonds is 6. The number of Topliss-reactive ketones (excluding diaryl/α,β-unsaturated/α-hetero) is 1. The molecule has 0 amide bonds. The molecule has 3 rings (SSSR count). The van der Waals surface area contributed by atoms with Crippen LogP contribution >= 0.6 is 0 Å². The number of hydrogen-bond acceptors (Lipinski definition) is 5. The van der Waals surface area contributed by atoms with E-state index in [0.29, 0.717) is 19.3 Å². The summed E-state index contributed by atoms with van der Waals surface area (Å²) in [5.74, 6) is -0.338. The second kappa shape index (κ2) is 7.70. The van der Waals surface area contributed by atoms with Gasteiger partial charge in [-0.05, 0) is 48.2 Å². The van der Waals surface area contributed by atoms with Gasteiger partial charge in [-0.15, -0.1) is 0 Å². The van der Waals surface area contributed by atoms with Crippen LogP contribution in [0.3, 0.4) is 0 Å². The van der Waals surface area contributed by atoms with Crippen molar-refractivity contribution < 1.29 is 23.9 Å². The first kappa shape index (κ1) is 23.9. The van der Waals surface area contributed by atoms with Crippen molar-refractivity contribution in [1.82, 2.24) is 0 Å². The van der Waals surface area contributed by atoms with Crippen molar-refractivity contribution in [2.24, 2.45) is 28.6 Å². The maximum Gasteiger partial charge on any atom is 0.302 e. The Hall–Kier alpha value is -0.723. The Morgan fingerprint density at radius 3 is 2.23 bits per heavy atom. The molecule has 6 heteroatoms. The van der Waals surface area contributed by atoms with Crippen LogP contribution in [0.1, 0.15) is 74.7 Å². The standard InChI is InChI=1S/C24H42O5Si/c1-9-30(10-2,11-3)29-21-18(26)13-17-15(4)12-19(28-16(5)25)20-22(6,7)14-23(21,8)24(17,20)27/h15,17,19-21,27H,9-14H2,1-8H3/t15-,17+,19+,20+,21+,23-,24-/m1/s1. The van der Waals surface area contributed by atoms with E-state index >= 15 is 0 Å². The Bertz CT molecular complexity index is 693. The maximum atomic E-state index is 13.5. The Kier molecular flexibility index (Phi) is 6.14. The molecule has 0 heterocycles. The molecule has 172 valence electrons. The van der Waals surface area contributed by atoms with Crippen LogP contribution < -0.4 is 0 Å². The minimum atomic E-state index is -2.05. The Morgan fingerprint density at radius 1 is 1.17 bits per heavy atom. The predicted molar refractivity (Wildman–Crippen MR) is 119 cm³/mol. The van der Waals surface area contributed by atoms with Crippen LogP contribution in [-0.2, 0) is 18.8 Å². The van der Waals surface area contributed by atoms with Crippen molar-refractivity contribution in [2.75, 3.05) is 0 Å².